The second kappa shape index (κ2) is 9.29. The summed E-state index contributed by atoms with van der Waals surface area (Å²) in [5.41, 5.74) is 1.67. The molecule has 0 aliphatic heterocycles. The lowest BCUT2D eigenvalue weighted by Crippen LogP contribution is -2.74. The van der Waals surface area contributed by atoms with Crippen LogP contribution in [0.15, 0.2) is 59.0 Å². The molecule has 1 unspecified atom stereocenters. The third-order valence-corrected chi connectivity index (χ3v) is 8.53. The Hall–Kier alpha value is -4.53. The summed E-state index contributed by atoms with van der Waals surface area (Å²) in [6, 6.07) is 12.7. The van der Waals surface area contributed by atoms with Crippen molar-refractivity contribution in [1.29, 1.82) is 0 Å². The minimum absolute atomic E-state index is 0.137. The number of fused-ring (bicyclic) bond motifs is 1. The average molecular weight is 545 g/mol. The first-order chi connectivity index (χ1) is 19.1. The number of furan rings is 1. The van der Waals surface area contributed by atoms with Gasteiger partial charge in [-0.1, -0.05) is 13.0 Å². The van der Waals surface area contributed by atoms with Crippen molar-refractivity contribution in [3.63, 3.8) is 0 Å². The number of halogens is 2. The number of carbonyl (C=O) groups excluding carboxylic acids is 2. The van der Waals surface area contributed by atoms with Gasteiger partial charge in [-0.2, -0.15) is 0 Å². The number of nitrogens with one attached hydrogen (secondary N) is 2. The lowest BCUT2D eigenvalue weighted by Gasteiger charge is -2.67. The molecule has 9 heteroatoms. The van der Waals surface area contributed by atoms with E-state index in [-0.39, 0.29) is 34.4 Å². The van der Waals surface area contributed by atoms with Crippen molar-refractivity contribution in [3.05, 3.63) is 82.9 Å². The van der Waals surface area contributed by atoms with E-state index in [0.29, 0.717) is 39.5 Å². The zero-order valence-corrected chi connectivity index (χ0v) is 21.8. The molecule has 7 rings (SSSR count). The third kappa shape index (κ3) is 4.04. The Morgan fingerprint density at radius 1 is 1.00 bits per heavy atom. The van der Waals surface area contributed by atoms with Crippen LogP contribution in [-0.2, 0) is 11.2 Å². The number of amides is 2. The molecule has 1 atom stereocenters. The van der Waals surface area contributed by atoms with E-state index in [1.54, 1.807) is 6.07 Å². The number of aliphatic carboxylic acids is 1. The predicted molar refractivity (Wildman–Crippen MR) is 144 cm³/mol. The summed E-state index contributed by atoms with van der Waals surface area (Å²) in [5.74, 6) is -2.06. The molecule has 0 radical (unpaired) electrons. The highest BCUT2D eigenvalue weighted by Gasteiger charge is 2.63. The Balaban J connectivity index is 1.49. The van der Waals surface area contributed by atoms with Gasteiger partial charge in [0, 0.05) is 23.5 Å². The van der Waals surface area contributed by atoms with Crippen molar-refractivity contribution >= 4 is 28.8 Å². The molecule has 3 aliphatic carbocycles. The van der Waals surface area contributed by atoms with E-state index in [1.165, 1.54) is 55.6 Å². The Bertz CT molecular complexity index is 1700. The van der Waals surface area contributed by atoms with Gasteiger partial charge in [0.05, 0.1) is 17.5 Å². The van der Waals surface area contributed by atoms with Gasteiger partial charge in [0.2, 0.25) is 0 Å². The van der Waals surface area contributed by atoms with E-state index in [4.69, 9.17) is 4.42 Å². The van der Waals surface area contributed by atoms with Crippen LogP contribution in [0.25, 0.3) is 33.4 Å². The van der Waals surface area contributed by atoms with Gasteiger partial charge in [0.25, 0.3) is 11.8 Å². The van der Waals surface area contributed by atoms with E-state index in [2.05, 4.69) is 17.6 Å². The van der Waals surface area contributed by atoms with Gasteiger partial charge in [0.1, 0.15) is 23.0 Å². The average Bonchev–Trinajstić information content (AvgIpc) is 3.28. The van der Waals surface area contributed by atoms with E-state index in [0.717, 1.165) is 12.8 Å². The van der Waals surface area contributed by atoms with Crippen molar-refractivity contribution in [2.45, 2.75) is 31.7 Å². The molecular weight excluding hydrogens is 518 g/mol. The summed E-state index contributed by atoms with van der Waals surface area (Å²) in [6.45, 7) is 2.08. The number of carboxylic acids is 1. The minimum atomic E-state index is -1.10. The van der Waals surface area contributed by atoms with Gasteiger partial charge < -0.3 is 20.2 Å². The lowest BCUT2D eigenvalue weighted by molar-refractivity contribution is -0.136. The zero-order chi connectivity index (χ0) is 28.3. The van der Waals surface area contributed by atoms with Gasteiger partial charge in [0.15, 0.2) is 0 Å². The quantitative estimate of drug-likeness (QED) is 0.282. The van der Waals surface area contributed by atoms with Crippen molar-refractivity contribution in [1.82, 2.24) is 10.6 Å². The Morgan fingerprint density at radius 2 is 1.70 bits per heavy atom. The largest absolute Gasteiger partial charge is 0.481 e. The van der Waals surface area contributed by atoms with Crippen molar-refractivity contribution in [2.75, 3.05) is 7.05 Å². The first kappa shape index (κ1) is 25.7. The molecule has 7 nitrogen and oxygen atoms in total. The van der Waals surface area contributed by atoms with Crippen LogP contribution in [0.5, 0.6) is 0 Å². The Kier molecular flexibility index (Phi) is 5.98. The fraction of sp³-hybridized carbons (Fsp3) is 0.258. The van der Waals surface area contributed by atoms with E-state index < -0.39 is 29.4 Å². The number of rotatable bonds is 7. The van der Waals surface area contributed by atoms with E-state index >= 15 is 0 Å². The van der Waals surface area contributed by atoms with Crippen LogP contribution in [0.3, 0.4) is 0 Å². The molecule has 2 amide bonds. The number of hydrogen-bond donors (Lipinski definition) is 3. The van der Waals surface area contributed by atoms with Crippen LogP contribution in [0, 0.1) is 23.5 Å². The van der Waals surface area contributed by atoms with Crippen LogP contribution >= 0.6 is 0 Å². The smallest absolute Gasteiger partial charge is 0.307 e. The molecule has 40 heavy (non-hydrogen) atoms. The molecule has 1 heterocycles. The van der Waals surface area contributed by atoms with Crippen molar-refractivity contribution in [2.24, 2.45) is 11.8 Å². The molecule has 2 bridgehead atoms. The van der Waals surface area contributed by atoms with E-state index in [1.807, 2.05) is 0 Å². The van der Waals surface area contributed by atoms with Gasteiger partial charge in [-0.05, 0) is 89.9 Å². The van der Waals surface area contributed by atoms with Crippen LogP contribution in [0.1, 0.15) is 46.0 Å². The van der Waals surface area contributed by atoms with E-state index in [9.17, 15) is 28.3 Å². The second-order valence-corrected chi connectivity index (χ2v) is 10.7. The molecule has 0 spiro atoms. The van der Waals surface area contributed by atoms with Crippen LogP contribution in [0.2, 0.25) is 0 Å². The van der Waals surface area contributed by atoms with Gasteiger partial charge in [-0.25, -0.2) is 8.78 Å². The van der Waals surface area contributed by atoms with Gasteiger partial charge in [-0.3, -0.25) is 14.4 Å². The monoisotopic (exact) mass is 544 g/mol. The Labute approximate surface area is 228 Å². The van der Waals surface area contributed by atoms with Gasteiger partial charge >= 0.3 is 5.97 Å². The summed E-state index contributed by atoms with van der Waals surface area (Å²) < 4.78 is 34.5. The first-order valence-corrected chi connectivity index (χ1v) is 13.0. The van der Waals surface area contributed by atoms with Crippen LogP contribution in [0.4, 0.5) is 8.78 Å². The van der Waals surface area contributed by atoms with Crippen molar-refractivity contribution < 1.29 is 32.7 Å². The Morgan fingerprint density at radius 3 is 2.30 bits per heavy atom. The molecule has 3 N–H and O–H groups in total. The first-order valence-electron chi connectivity index (χ1n) is 13.0. The molecule has 0 saturated heterocycles. The zero-order valence-electron chi connectivity index (χ0n) is 21.8. The highest BCUT2D eigenvalue weighted by Crippen LogP contribution is 2.61. The number of hydrogen-bond acceptors (Lipinski definition) is 4. The topological polar surface area (TPSA) is 109 Å². The number of benzene rings is 3. The molecule has 3 fully saturated rings. The second-order valence-electron chi connectivity index (χ2n) is 10.7. The fourth-order valence-corrected chi connectivity index (χ4v) is 6.03. The fourth-order valence-electron chi connectivity index (χ4n) is 6.03. The van der Waals surface area contributed by atoms with Crippen LogP contribution in [-0.4, -0.2) is 35.5 Å². The normalized spacial score (nSPS) is 20.9. The molecule has 3 aromatic carbocycles. The molecule has 3 saturated carbocycles. The number of carboxylic acid groups (broad SMARTS) is 1. The van der Waals surface area contributed by atoms with Gasteiger partial charge in [-0.15, -0.1) is 0 Å². The molecule has 3 aliphatic rings. The maximum atomic E-state index is 14.9. The maximum Gasteiger partial charge on any atom is 0.307 e. The highest BCUT2D eigenvalue weighted by molar-refractivity contribution is 6.12. The molecule has 1 aromatic heterocycles. The summed E-state index contributed by atoms with van der Waals surface area (Å²) in [6.07, 6.45) is 1.40. The molecular formula is C31H26F2N2O5. The van der Waals surface area contributed by atoms with Crippen molar-refractivity contribution in [3.8, 4) is 22.5 Å². The lowest BCUT2D eigenvalue weighted by atomic mass is 9.43. The minimum Gasteiger partial charge on any atom is -0.481 e. The number of carbonyl (C=O) groups is 3. The third-order valence-electron chi connectivity index (χ3n) is 8.53. The SMILES string of the molecule is CNC(=O)c1c(-c2ccc(F)cc2)oc2cc(CC(=O)O)c(-c3ccc(F)c(C(=O)NC45CC(C4)C5C)c3)cc12. The maximum absolute atomic E-state index is 14.9. The highest BCUT2D eigenvalue weighted by atomic mass is 19.1. The van der Waals surface area contributed by atoms with Crippen LogP contribution < -0.4 is 10.6 Å². The molecule has 4 aromatic rings. The standard InChI is InChI=1S/C31H26F2N2O5/c1-15-19-13-31(15,14-19)35-29(38)22-9-17(5-8-24(22)33)21-12-23-25(10-18(21)11-26(36)37)40-28(27(23)30(39)34-2)16-3-6-20(32)7-4-16/h3-10,12,15,19H,11,13-14H2,1-2H3,(H,34,39)(H,35,38)(H,36,37). The summed E-state index contributed by atoms with van der Waals surface area (Å²) in [7, 11) is 1.47. The summed E-state index contributed by atoms with van der Waals surface area (Å²) in [4.78, 5) is 37.9. The summed E-state index contributed by atoms with van der Waals surface area (Å²) in [5, 5.41) is 15.6. The molecule has 204 valence electrons. The predicted octanol–water partition coefficient (Wildman–Crippen LogP) is 5.56. The summed E-state index contributed by atoms with van der Waals surface area (Å²) >= 11 is 0.